The minimum absolute atomic E-state index is 0. The molecular weight excluding hydrogens is 250 g/mol. The van der Waals surface area contributed by atoms with Gasteiger partial charge >= 0.3 is 15.6 Å². The molecule has 0 saturated heterocycles. The Bertz CT molecular complexity index is 159. The Hall–Kier alpha value is -0.0200. The predicted octanol–water partition coefficient (Wildman–Crippen LogP) is -0.202. The summed E-state index contributed by atoms with van der Waals surface area (Å²) in [6.45, 7) is 0. The maximum atomic E-state index is 9.63. The molecule has 0 aromatic rings. The van der Waals surface area contributed by atoms with Crippen LogP contribution in [0.5, 0.6) is 0 Å². The Kier molecular flexibility index (Phi) is 19.3. The molecule has 0 rings (SSSR count). The summed E-state index contributed by atoms with van der Waals surface area (Å²) in [5, 5.41) is 0. The second-order valence-corrected chi connectivity index (χ2v) is 3.68. The number of halogens is 4. The van der Waals surface area contributed by atoms with Crippen LogP contribution in [0.4, 0.5) is 18.8 Å². The highest BCUT2D eigenvalue weighted by Gasteiger charge is 2.27. The lowest BCUT2D eigenvalue weighted by Gasteiger charge is -2.03. The van der Waals surface area contributed by atoms with Gasteiger partial charge in [-0.25, -0.2) is 9.13 Å². The second kappa shape index (κ2) is 8.57. The van der Waals surface area contributed by atoms with Crippen LogP contribution in [0.3, 0.4) is 0 Å². The maximum absolute atomic E-state index is 9.63. The molecular formula is H8F4O7P2. The molecule has 0 aliphatic heterocycles. The van der Waals surface area contributed by atoms with E-state index in [1.165, 1.54) is 0 Å². The second-order valence-electron chi connectivity index (χ2n) is 1.06. The van der Waals surface area contributed by atoms with Crippen molar-refractivity contribution in [3.63, 3.8) is 0 Å². The zero-order chi connectivity index (χ0) is 7.71. The Morgan fingerprint density at radius 1 is 0.692 bits per heavy atom. The average Bonchev–Trinajstić information content (AvgIpc) is 1.14. The third kappa shape index (κ3) is 33.4. The SMILES string of the molecule is F.F.F.F.O=P(O)(O)OP(=O)(O)O. The Morgan fingerprint density at radius 2 is 0.846 bits per heavy atom. The molecule has 13 heavy (non-hydrogen) atoms. The van der Waals surface area contributed by atoms with Gasteiger partial charge in [0.1, 0.15) is 0 Å². The van der Waals surface area contributed by atoms with Crippen LogP contribution in [0.25, 0.3) is 0 Å². The Labute approximate surface area is 68.7 Å². The molecule has 4 N–H and O–H groups in total. The van der Waals surface area contributed by atoms with E-state index < -0.39 is 15.6 Å². The molecule has 0 atom stereocenters. The van der Waals surface area contributed by atoms with E-state index in [0.29, 0.717) is 0 Å². The van der Waals surface area contributed by atoms with Gasteiger partial charge < -0.3 is 19.6 Å². The highest BCUT2D eigenvalue weighted by molar-refractivity contribution is 7.60. The molecule has 0 aliphatic rings. The highest BCUT2D eigenvalue weighted by Crippen LogP contribution is 2.53. The molecule has 88 valence electrons. The van der Waals surface area contributed by atoms with Gasteiger partial charge in [0.25, 0.3) is 0 Å². The molecule has 0 bridgehead atoms. The molecule has 0 amide bonds. The van der Waals surface area contributed by atoms with Crippen LogP contribution in [0, 0.1) is 0 Å². The van der Waals surface area contributed by atoms with Crippen LogP contribution in [0.1, 0.15) is 0 Å². The highest BCUT2D eigenvalue weighted by atomic mass is 31.3. The van der Waals surface area contributed by atoms with E-state index in [1.807, 2.05) is 0 Å². The fourth-order valence-electron chi connectivity index (χ4n) is 0.139. The first-order valence-corrected chi connectivity index (χ1v) is 4.59. The van der Waals surface area contributed by atoms with Crippen molar-refractivity contribution in [2.75, 3.05) is 0 Å². The van der Waals surface area contributed by atoms with Crippen LogP contribution >= 0.6 is 15.6 Å². The lowest BCUT2D eigenvalue weighted by atomic mass is 15.7. The van der Waals surface area contributed by atoms with Crippen molar-refractivity contribution in [2.24, 2.45) is 0 Å². The minimum atomic E-state index is -5.05. The van der Waals surface area contributed by atoms with Gasteiger partial charge in [-0.2, -0.15) is 4.31 Å². The van der Waals surface area contributed by atoms with Crippen LogP contribution < -0.4 is 0 Å². The molecule has 7 nitrogen and oxygen atoms in total. The Balaban J connectivity index is -0.0000000533. The molecule has 0 saturated carbocycles. The van der Waals surface area contributed by atoms with Gasteiger partial charge in [-0.1, -0.05) is 0 Å². The summed E-state index contributed by atoms with van der Waals surface area (Å²) in [5.74, 6) is 0. The van der Waals surface area contributed by atoms with Crippen molar-refractivity contribution in [1.29, 1.82) is 0 Å². The molecule has 0 radical (unpaired) electrons. The number of hydrogen-bond acceptors (Lipinski definition) is 3. The van der Waals surface area contributed by atoms with E-state index in [2.05, 4.69) is 4.31 Å². The van der Waals surface area contributed by atoms with Gasteiger partial charge in [0.05, 0.1) is 0 Å². The van der Waals surface area contributed by atoms with E-state index in [0.717, 1.165) is 0 Å². The normalized spacial score (nSPS) is 9.54. The van der Waals surface area contributed by atoms with E-state index in [9.17, 15) is 9.13 Å². The summed E-state index contributed by atoms with van der Waals surface area (Å²) < 4.78 is 22.2. The largest absolute Gasteiger partial charge is 0.478 e. The number of phosphoric acid groups is 2. The van der Waals surface area contributed by atoms with E-state index in [1.54, 1.807) is 0 Å². The van der Waals surface area contributed by atoms with Gasteiger partial charge in [-0.3, -0.25) is 18.8 Å². The monoisotopic (exact) mass is 258 g/mol. The topological polar surface area (TPSA) is 124 Å². The third-order valence-corrected chi connectivity index (χ3v) is 1.91. The quantitative estimate of drug-likeness (QED) is 0.399. The average molecular weight is 258 g/mol. The summed E-state index contributed by atoms with van der Waals surface area (Å²) in [6.07, 6.45) is 0. The van der Waals surface area contributed by atoms with Crippen LogP contribution in [-0.4, -0.2) is 19.6 Å². The van der Waals surface area contributed by atoms with Crippen molar-refractivity contribution in [1.82, 2.24) is 0 Å². The fourth-order valence-corrected chi connectivity index (χ4v) is 1.25. The standard InChI is InChI=1S/4FH.H4O7P2/c;;;;1-8(2,3)7-9(4,5)6/h4*1H;(H2,1,2,3)(H2,4,5,6). The fraction of sp³-hybridized carbons (Fsp3) is 0. The van der Waals surface area contributed by atoms with Gasteiger partial charge in [0, 0.05) is 0 Å². The smallest absolute Gasteiger partial charge is 0.302 e. The van der Waals surface area contributed by atoms with E-state index >= 15 is 0 Å². The Morgan fingerprint density at radius 3 is 0.846 bits per heavy atom. The summed E-state index contributed by atoms with van der Waals surface area (Å²) in [5.41, 5.74) is 0. The van der Waals surface area contributed by atoms with Crippen molar-refractivity contribution >= 4 is 15.6 Å². The first-order valence-electron chi connectivity index (χ1n) is 1.53. The van der Waals surface area contributed by atoms with Gasteiger partial charge in [0.2, 0.25) is 0 Å². The van der Waals surface area contributed by atoms with Crippen LogP contribution in [0.15, 0.2) is 0 Å². The van der Waals surface area contributed by atoms with Crippen molar-refractivity contribution < 1.29 is 51.8 Å². The molecule has 0 aromatic carbocycles. The molecule has 0 aromatic heterocycles. The molecule has 0 spiro atoms. The van der Waals surface area contributed by atoms with Crippen molar-refractivity contribution in [3.05, 3.63) is 0 Å². The third-order valence-electron chi connectivity index (χ3n) is 0.213. The van der Waals surface area contributed by atoms with Gasteiger partial charge in [-0.05, 0) is 0 Å². The van der Waals surface area contributed by atoms with Crippen molar-refractivity contribution in [2.45, 2.75) is 0 Å². The van der Waals surface area contributed by atoms with E-state index in [4.69, 9.17) is 19.6 Å². The lowest BCUT2D eigenvalue weighted by molar-refractivity contribution is 0.225. The minimum Gasteiger partial charge on any atom is -0.302 e. The summed E-state index contributed by atoms with van der Waals surface area (Å²) in [7, 11) is -10.1. The maximum Gasteiger partial charge on any atom is 0.478 e. The van der Waals surface area contributed by atoms with Crippen LogP contribution in [-0.2, 0) is 13.4 Å². The zero-order valence-electron chi connectivity index (χ0n) is 5.54. The predicted molar refractivity (Wildman–Crippen MR) is 35.2 cm³/mol. The molecule has 13 heteroatoms. The summed E-state index contributed by atoms with van der Waals surface area (Å²) in [4.78, 5) is 31.0. The summed E-state index contributed by atoms with van der Waals surface area (Å²) >= 11 is 0. The first kappa shape index (κ1) is 29.3. The number of rotatable bonds is 2. The molecule has 0 aliphatic carbocycles. The molecule has 0 fully saturated rings. The van der Waals surface area contributed by atoms with Crippen molar-refractivity contribution in [3.8, 4) is 0 Å². The van der Waals surface area contributed by atoms with E-state index in [-0.39, 0.29) is 18.8 Å². The molecule has 0 unspecified atom stereocenters. The number of hydrogen-bond donors (Lipinski definition) is 4. The lowest BCUT2D eigenvalue weighted by Crippen LogP contribution is -1.84. The van der Waals surface area contributed by atoms with Gasteiger partial charge in [-0.15, -0.1) is 0 Å². The van der Waals surface area contributed by atoms with Gasteiger partial charge in [0.15, 0.2) is 0 Å². The van der Waals surface area contributed by atoms with Crippen LogP contribution in [0.2, 0.25) is 0 Å². The first-order chi connectivity index (χ1) is 3.71. The molecule has 0 heterocycles. The zero-order valence-corrected chi connectivity index (χ0v) is 7.33. The summed E-state index contributed by atoms with van der Waals surface area (Å²) in [6, 6.07) is 0.